The third kappa shape index (κ3) is 3.85. The summed E-state index contributed by atoms with van der Waals surface area (Å²) in [7, 11) is 0. The molecule has 0 aliphatic carbocycles. The van der Waals surface area contributed by atoms with Crippen molar-refractivity contribution in [1.29, 1.82) is 0 Å². The number of benzene rings is 1. The first-order chi connectivity index (χ1) is 11.2. The number of furan rings is 1. The number of hydrogen-bond acceptors (Lipinski definition) is 4. The molecule has 0 saturated heterocycles. The van der Waals surface area contributed by atoms with Crippen molar-refractivity contribution < 1.29 is 9.21 Å². The summed E-state index contributed by atoms with van der Waals surface area (Å²) < 4.78 is 7.06. The van der Waals surface area contributed by atoms with Gasteiger partial charge in [-0.15, -0.1) is 10.2 Å². The van der Waals surface area contributed by atoms with E-state index in [2.05, 4.69) is 15.5 Å². The predicted octanol–water partition coefficient (Wildman–Crippen LogP) is 2.61. The van der Waals surface area contributed by atoms with Gasteiger partial charge in [-0.1, -0.05) is 6.07 Å². The van der Waals surface area contributed by atoms with Crippen LogP contribution in [0.1, 0.15) is 29.5 Å². The molecule has 2 aromatic heterocycles. The minimum atomic E-state index is -0.0909. The van der Waals surface area contributed by atoms with E-state index in [0.717, 1.165) is 24.3 Å². The standard InChI is InChI=1S/C17H18N4O2/c1-13(7-8-16-6-3-9-23-16)20-17(22)14-4-2-5-15(10-14)21-11-18-19-12-21/h2-6,9-13H,7-8H2,1H3,(H,20,22)/t13-/m1/s1. The molecule has 0 radical (unpaired) electrons. The largest absolute Gasteiger partial charge is 0.469 e. The van der Waals surface area contributed by atoms with Crippen LogP contribution in [0.2, 0.25) is 0 Å². The van der Waals surface area contributed by atoms with E-state index in [1.807, 2.05) is 37.3 Å². The maximum atomic E-state index is 12.4. The summed E-state index contributed by atoms with van der Waals surface area (Å²) in [6.45, 7) is 1.99. The van der Waals surface area contributed by atoms with Crippen molar-refractivity contribution in [3.8, 4) is 5.69 Å². The average molecular weight is 310 g/mol. The highest BCUT2D eigenvalue weighted by Gasteiger charge is 2.11. The lowest BCUT2D eigenvalue weighted by Gasteiger charge is -2.13. The van der Waals surface area contributed by atoms with Gasteiger partial charge in [0.1, 0.15) is 18.4 Å². The normalized spacial score (nSPS) is 12.0. The Bertz CT molecular complexity index is 751. The topological polar surface area (TPSA) is 73.0 Å². The first-order valence-electron chi connectivity index (χ1n) is 7.50. The van der Waals surface area contributed by atoms with Gasteiger partial charge in [-0.3, -0.25) is 9.36 Å². The minimum Gasteiger partial charge on any atom is -0.469 e. The molecule has 23 heavy (non-hydrogen) atoms. The Balaban J connectivity index is 1.60. The number of aryl methyl sites for hydroxylation is 1. The summed E-state index contributed by atoms with van der Waals surface area (Å²) in [5.41, 5.74) is 1.46. The van der Waals surface area contributed by atoms with Crippen LogP contribution in [0.15, 0.2) is 59.7 Å². The van der Waals surface area contributed by atoms with Crippen molar-refractivity contribution in [2.24, 2.45) is 0 Å². The van der Waals surface area contributed by atoms with Crippen LogP contribution in [0.5, 0.6) is 0 Å². The van der Waals surface area contributed by atoms with Gasteiger partial charge in [-0.25, -0.2) is 0 Å². The van der Waals surface area contributed by atoms with Crippen molar-refractivity contribution in [1.82, 2.24) is 20.1 Å². The van der Waals surface area contributed by atoms with E-state index in [0.29, 0.717) is 5.56 Å². The molecule has 6 heteroatoms. The summed E-state index contributed by atoms with van der Waals surface area (Å²) in [5.74, 6) is 0.840. The van der Waals surface area contributed by atoms with Gasteiger partial charge in [-0.2, -0.15) is 0 Å². The lowest BCUT2D eigenvalue weighted by Crippen LogP contribution is -2.32. The number of nitrogens with zero attached hydrogens (tertiary/aromatic N) is 3. The van der Waals surface area contributed by atoms with Crippen molar-refractivity contribution in [3.05, 3.63) is 66.6 Å². The van der Waals surface area contributed by atoms with E-state index in [4.69, 9.17) is 4.42 Å². The second-order valence-corrected chi connectivity index (χ2v) is 5.41. The molecule has 6 nitrogen and oxygen atoms in total. The fourth-order valence-electron chi connectivity index (χ4n) is 2.33. The third-order valence-corrected chi connectivity index (χ3v) is 3.61. The zero-order chi connectivity index (χ0) is 16.1. The number of nitrogens with one attached hydrogen (secondary N) is 1. The number of hydrogen-bond donors (Lipinski definition) is 1. The average Bonchev–Trinajstić information content (AvgIpc) is 3.26. The molecule has 0 unspecified atom stereocenters. The quantitative estimate of drug-likeness (QED) is 0.759. The summed E-state index contributed by atoms with van der Waals surface area (Å²) in [5, 5.41) is 10.6. The highest BCUT2D eigenvalue weighted by Crippen LogP contribution is 2.11. The predicted molar refractivity (Wildman–Crippen MR) is 85.3 cm³/mol. The molecule has 0 aliphatic rings. The number of carbonyl (C=O) groups excluding carboxylic acids is 1. The van der Waals surface area contributed by atoms with Crippen molar-refractivity contribution in [2.75, 3.05) is 0 Å². The van der Waals surface area contributed by atoms with Gasteiger partial charge in [-0.05, 0) is 43.7 Å². The smallest absolute Gasteiger partial charge is 0.251 e. The maximum Gasteiger partial charge on any atom is 0.251 e. The summed E-state index contributed by atoms with van der Waals surface area (Å²) in [4.78, 5) is 12.4. The molecule has 1 amide bonds. The number of aromatic nitrogens is 3. The zero-order valence-electron chi connectivity index (χ0n) is 12.8. The molecule has 1 N–H and O–H groups in total. The van der Waals surface area contributed by atoms with Crippen molar-refractivity contribution in [3.63, 3.8) is 0 Å². The molecule has 118 valence electrons. The Morgan fingerprint density at radius 3 is 2.83 bits per heavy atom. The van der Waals surface area contributed by atoms with Gasteiger partial charge in [0.05, 0.1) is 6.26 Å². The van der Waals surface area contributed by atoms with Crippen LogP contribution >= 0.6 is 0 Å². The van der Waals surface area contributed by atoms with Crippen molar-refractivity contribution in [2.45, 2.75) is 25.8 Å². The van der Waals surface area contributed by atoms with Gasteiger partial charge in [0.15, 0.2) is 0 Å². The van der Waals surface area contributed by atoms with E-state index < -0.39 is 0 Å². The van der Waals surface area contributed by atoms with Crippen LogP contribution in [-0.2, 0) is 6.42 Å². The molecule has 3 aromatic rings. The SMILES string of the molecule is C[C@H](CCc1ccco1)NC(=O)c1cccc(-n2cnnc2)c1. The van der Waals surface area contributed by atoms with Crippen LogP contribution in [-0.4, -0.2) is 26.7 Å². The van der Waals surface area contributed by atoms with E-state index in [-0.39, 0.29) is 11.9 Å². The van der Waals surface area contributed by atoms with Crippen LogP contribution in [0.25, 0.3) is 5.69 Å². The van der Waals surface area contributed by atoms with Crippen LogP contribution in [0.3, 0.4) is 0 Å². The van der Waals surface area contributed by atoms with Gasteiger partial charge >= 0.3 is 0 Å². The molecule has 3 rings (SSSR count). The van der Waals surface area contributed by atoms with E-state index in [1.165, 1.54) is 0 Å². The van der Waals surface area contributed by atoms with Crippen molar-refractivity contribution >= 4 is 5.91 Å². The fourth-order valence-corrected chi connectivity index (χ4v) is 2.33. The molecule has 0 bridgehead atoms. The molecular formula is C17H18N4O2. The first kappa shape index (κ1) is 15.0. The molecule has 1 atom stereocenters. The number of rotatable bonds is 6. The van der Waals surface area contributed by atoms with Crippen LogP contribution in [0.4, 0.5) is 0 Å². The highest BCUT2D eigenvalue weighted by atomic mass is 16.3. The monoisotopic (exact) mass is 310 g/mol. The fraction of sp³-hybridized carbons (Fsp3) is 0.235. The Morgan fingerprint density at radius 1 is 1.26 bits per heavy atom. The molecule has 0 saturated carbocycles. The van der Waals surface area contributed by atoms with E-state index >= 15 is 0 Å². The molecular weight excluding hydrogens is 292 g/mol. The molecule has 2 heterocycles. The summed E-state index contributed by atoms with van der Waals surface area (Å²) in [6, 6.07) is 11.2. The summed E-state index contributed by atoms with van der Waals surface area (Å²) in [6.07, 6.45) is 6.49. The molecule has 0 aliphatic heterocycles. The lowest BCUT2D eigenvalue weighted by molar-refractivity contribution is 0.0938. The Morgan fingerprint density at radius 2 is 2.09 bits per heavy atom. The zero-order valence-corrected chi connectivity index (χ0v) is 12.8. The Hall–Kier alpha value is -2.89. The van der Waals surface area contributed by atoms with Crippen LogP contribution in [0, 0.1) is 0 Å². The number of amides is 1. The molecule has 0 fully saturated rings. The van der Waals surface area contributed by atoms with Crippen LogP contribution < -0.4 is 5.32 Å². The lowest BCUT2D eigenvalue weighted by atomic mass is 10.1. The van der Waals surface area contributed by atoms with Gasteiger partial charge in [0, 0.05) is 23.7 Å². The van der Waals surface area contributed by atoms with Gasteiger partial charge in [0.25, 0.3) is 5.91 Å². The highest BCUT2D eigenvalue weighted by molar-refractivity contribution is 5.94. The maximum absolute atomic E-state index is 12.4. The molecule has 1 aromatic carbocycles. The molecule has 0 spiro atoms. The minimum absolute atomic E-state index is 0.0613. The Labute approximate surface area is 134 Å². The van der Waals surface area contributed by atoms with Gasteiger partial charge in [0.2, 0.25) is 0 Å². The first-order valence-corrected chi connectivity index (χ1v) is 7.50. The second-order valence-electron chi connectivity index (χ2n) is 5.41. The van der Waals surface area contributed by atoms with Gasteiger partial charge < -0.3 is 9.73 Å². The van der Waals surface area contributed by atoms with E-state index in [1.54, 1.807) is 29.6 Å². The second kappa shape index (κ2) is 6.91. The third-order valence-electron chi connectivity index (χ3n) is 3.61. The summed E-state index contributed by atoms with van der Waals surface area (Å²) >= 11 is 0. The van der Waals surface area contributed by atoms with E-state index in [9.17, 15) is 4.79 Å². The number of carbonyl (C=O) groups is 1. The Kier molecular flexibility index (Phi) is 4.52.